The van der Waals surface area contributed by atoms with Gasteiger partial charge in [0.1, 0.15) is 5.75 Å². The SMILES string of the molecule is COc1ccc2nc(-c3ccc([N+](=O)[O-])cc3)cc(C(=O)O)c2c1. The van der Waals surface area contributed by atoms with Crippen molar-refractivity contribution >= 4 is 22.6 Å². The number of hydrogen-bond acceptors (Lipinski definition) is 5. The van der Waals surface area contributed by atoms with Gasteiger partial charge in [-0.1, -0.05) is 0 Å². The van der Waals surface area contributed by atoms with Gasteiger partial charge < -0.3 is 9.84 Å². The topological polar surface area (TPSA) is 103 Å². The summed E-state index contributed by atoms with van der Waals surface area (Å²) in [4.78, 5) is 26.3. The number of carboxylic acid groups (broad SMARTS) is 1. The van der Waals surface area contributed by atoms with E-state index in [4.69, 9.17) is 4.74 Å². The Bertz CT molecular complexity index is 951. The lowest BCUT2D eigenvalue weighted by Crippen LogP contribution is -2.00. The van der Waals surface area contributed by atoms with E-state index in [1.54, 1.807) is 30.3 Å². The van der Waals surface area contributed by atoms with Crippen LogP contribution in [0.1, 0.15) is 10.4 Å². The van der Waals surface area contributed by atoms with E-state index < -0.39 is 10.9 Å². The van der Waals surface area contributed by atoms with Crippen LogP contribution in [-0.2, 0) is 0 Å². The summed E-state index contributed by atoms with van der Waals surface area (Å²) in [5, 5.41) is 20.7. The molecule has 1 N–H and O–H groups in total. The molecule has 7 nitrogen and oxygen atoms in total. The number of aromatic nitrogens is 1. The Morgan fingerprint density at radius 3 is 2.46 bits per heavy atom. The van der Waals surface area contributed by atoms with E-state index in [0.29, 0.717) is 27.9 Å². The first-order valence-corrected chi connectivity index (χ1v) is 6.96. The highest BCUT2D eigenvalue weighted by Crippen LogP contribution is 2.28. The van der Waals surface area contributed by atoms with Gasteiger partial charge in [-0.2, -0.15) is 0 Å². The zero-order valence-electron chi connectivity index (χ0n) is 12.6. The summed E-state index contributed by atoms with van der Waals surface area (Å²) in [7, 11) is 1.50. The number of hydrogen-bond donors (Lipinski definition) is 1. The number of fused-ring (bicyclic) bond motifs is 1. The number of pyridine rings is 1. The molecule has 0 unspecified atom stereocenters. The van der Waals surface area contributed by atoms with Crippen molar-refractivity contribution in [2.45, 2.75) is 0 Å². The number of carboxylic acids is 1. The Kier molecular flexibility index (Phi) is 3.83. The van der Waals surface area contributed by atoms with Gasteiger partial charge in [-0.05, 0) is 36.4 Å². The van der Waals surface area contributed by atoms with Gasteiger partial charge in [0.2, 0.25) is 0 Å². The molecule has 2 aromatic carbocycles. The normalized spacial score (nSPS) is 10.5. The number of nitro benzene ring substituents is 1. The molecule has 24 heavy (non-hydrogen) atoms. The molecule has 0 aliphatic heterocycles. The van der Waals surface area contributed by atoms with Crippen LogP contribution in [0.25, 0.3) is 22.2 Å². The number of nitrogens with zero attached hydrogens (tertiary/aromatic N) is 2. The van der Waals surface area contributed by atoms with E-state index in [1.165, 1.54) is 25.3 Å². The predicted octanol–water partition coefficient (Wildman–Crippen LogP) is 3.52. The molecule has 7 heteroatoms. The Labute approximate surface area is 136 Å². The van der Waals surface area contributed by atoms with Gasteiger partial charge in [0.15, 0.2) is 0 Å². The van der Waals surface area contributed by atoms with Crippen molar-refractivity contribution in [2.75, 3.05) is 7.11 Å². The molecule has 120 valence electrons. The fourth-order valence-electron chi connectivity index (χ4n) is 2.41. The first-order chi connectivity index (χ1) is 11.5. The number of benzene rings is 2. The molecule has 1 heterocycles. The van der Waals surface area contributed by atoms with Crippen LogP contribution in [0.15, 0.2) is 48.5 Å². The predicted molar refractivity (Wildman–Crippen MR) is 87.3 cm³/mol. The molecule has 0 amide bonds. The van der Waals surface area contributed by atoms with Crippen molar-refractivity contribution in [3.63, 3.8) is 0 Å². The lowest BCUT2D eigenvalue weighted by Gasteiger charge is -2.08. The summed E-state index contributed by atoms with van der Waals surface area (Å²) in [6.07, 6.45) is 0. The van der Waals surface area contributed by atoms with Gasteiger partial charge in [0.05, 0.1) is 28.8 Å². The molecule has 0 radical (unpaired) electrons. The number of nitro groups is 1. The van der Waals surface area contributed by atoms with Gasteiger partial charge in [0.25, 0.3) is 5.69 Å². The maximum absolute atomic E-state index is 11.6. The number of carbonyl (C=O) groups is 1. The molecule has 0 fully saturated rings. The highest BCUT2D eigenvalue weighted by Gasteiger charge is 2.14. The standard InChI is InChI=1S/C17H12N2O5/c1-24-12-6-7-15-13(8-12)14(17(20)21)9-16(18-15)10-2-4-11(5-3-10)19(22)23/h2-9H,1H3,(H,20,21). The Hall–Kier alpha value is -3.48. The van der Waals surface area contributed by atoms with Gasteiger partial charge in [-0.3, -0.25) is 10.1 Å². The maximum Gasteiger partial charge on any atom is 0.336 e. The van der Waals surface area contributed by atoms with Crippen LogP contribution >= 0.6 is 0 Å². The van der Waals surface area contributed by atoms with Crippen LogP contribution < -0.4 is 4.74 Å². The molecular weight excluding hydrogens is 312 g/mol. The number of non-ortho nitro benzene ring substituents is 1. The van der Waals surface area contributed by atoms with Crippen LogP contribution in [0, 0.1) is 10.1 Å². The molecule has 3 rings (SSSR count). The highest BCUT2D eigenvalue weighted by molar-refractivity contribution is 6.04. The molecule has 0 atom stereocenters. The summed E-state index contributed by atoms with van der Waals surface area (Å²) >= 11 is 0. The van der Waals surface area contributed by atoms with E-state index in [9.17, 15) is 20.0 Å². The lowest BCUT2D eigenvalue weighted by atomic mass is 10.0. The second kappa shape index (κ2) is 5.96. The van der Waals surface area contributed by atoms with E-state index in [2.05, 4.69) is 4.98 Å². The molecule has 0 spiro atoms. The van der Waals surface area contributed by atoms with Gasteiger partial charge in [0, 0.05) is 23.1 Å². The van der Waals surface area contributed by atoms with Gasteiger partial charge >= 0.3 is 5.97 Å². The second-order valence-electron chi connectivity index (χ2n) is 5.05. The first-order valence-electron chi connectivity index (χ1n) is 6.96. The van der Waals surface area contributed by atoms with Crippen molar-refractivity contribution in [1.82, 2.24) is 4.98 Å². The van der Waals surface area contributed by atoms with E-state index in [-0.39, 0.29) is 11.3 Å². The first kappa shape index (κ1) is 15.4. The summed E-state index contributed by atoms with van der Waals surface area (Å²) in [6, 6.07) is 12.2. The monoisotopic (exact) mass is 324 g/mol. The minimum atomic E-state index is -1.08. The zero-order valence-corrected chi connectivity index (χ0v) is 12.6. The summed E-state index contributed by atoms with van der Waals surface area (Å²) in [5.41, 5.74) is 1.58. The fourth-order valence-corrected chi connectivity index (χ4v) is 2.41. The molecule has 3 aromatic rings. The molecule has 0 saturated heterocycles. The van der Waals surface area contributed by atoms with Crippen LogP contribution in [-0.4, -0.2) is 28.1 Å². The van der Waals surface area contributed by atoms with Gasteiger partial charge in [-0.15, -0.1) is 0 Å². The molecule has 1 aromatic heterocycles. The fraction of sp³-hybridized carbons (Fsp3) is 0.0588. The van der Waals surface area contributed by atoms with E-state index >= 15 is 0 Å². The summed E-state index contributed by atoms with van der Waals surface area (Å²) in [6.45, 7) is 0. The largest absolute Gasteiger partial charge is 0.497 e. The number of ether oxygens (including phenoxy) is 1. The van der Waals surface area contributed by atoms with Crippen molar-refractivity contribution in [3.05, 3.63) is 64.2 Å². The third-order valence-electron chi connectivity index (χ3n) is 3.62. The van der Waals surface area contributed by atoms with Crippen LogP contribution in [0.2, 0.25) is 0 Å². The van der Waals surface area contributed by atoms with E-state index in [0.717, 1.165) is 0 Å². The minimum Gasteiger partial charge on any atom is -0.497 e. The van der Waals surface area contributed by atoms with Crippen molar-refractivity contribution in [3.8, 4) is 17.0 Å². The zero-order chi connectivity index (χ0) is 17.3. The highest BCUT2D eigenvalue weighted by atomic mass is 16.6. The Morgan fingerprint density at radius 2 is 1.88 bits per heavy atom. The van der Waals surface area contributed by atoms with Crippen molar-refractivity contribution in [1.29, 1.82) is 0 Å². The number of aromatic carboxylic acids is 1. The minimum absolute atomic E-state index is 0.0391. The van der Waals surface area contributed by atoms with Gasteiger partial charge in [-0.25, -0.2) is 9.78 Å². The summed E-state index contributed by atoms with van der Waals surface area (Å²) in [5.74, 6) is -0.547. The van der Waals surface area contributed by atoms with Crippen molar-refractivity contribution < 1.29 is 19.6 Å². The average molecular weight is 324 g/mol. The quantitative estimate of drug-likeness (QED) is 0.582. The number of methoxy groups -OCH3 is 1. The molecule has 0 bridgehead atoms. The van der Waals surface area contributed by atoms with Crippen molar-refractivity contribution in [2.24, 2.45) is 0 Å². The molecular formula is C17H12N2O5. The maximum atomic E-state index is 11.6. The Balaban J connectivity index is 2.18. The van der Waals surface area contributed by atoms with Crippen LogP contribution in [0.5, 0.6) is 5.75 Å². The molecule has 0 saturated carbocycles. The summed E-state index contributed by atoms with van der Waals surface area (Å²) < 4.78 is 5.12. The smallest absolute Gasteiger partial charge is 0.336 e. The second-order valence-corrected chi connectivity index (χ2v) is 5.05. The third-order valence-corrected chi connectivity index (χ3v) is 3.62. The Morgan fingerprint density at radius 1 is 1.17 bits per heavy atom. The van der Waals surface area contributed by atoms with E-state index in [1.807, 2.05) is 0 Å². The van der Waals surface area contributed by atoms with Crippen LogP contribution in [0.4, 0.5) is 5.69 Å². The lowest BCUT2D eigenvalue weighted by molar-refractivity contribution is -0.384. The molecule has 0 aliphatic rings. The molecule has 0 aliphatic carbocycles. The third kappa shape index (κ3) is 2.74. The van der Waals surface area contributed by atoms with Crippen LogP contribution in [0.3, 0.4) is 0 Å². The number of rotatable bonds is 4. The average Bonchev–Trinajstić information content (AvgIpc) is 2.60.